The summed E-state index contributed by atoms with van der Waals surface area (Å²) in [7, 11) is 0. The normalized spacial score (nSPS) is 17.4. The molecule has 3 aromatic rings. The lowest BCUT2D eigenvalue weighted by Gasteiger charge is -2.41. The number of carboxylic acid groups (broad SMARTS) is 1. The number of nitrogens with one attached hydrogen (secondary N) is 1. The fraction of sp³-hybridized carbons (Fsp3) is 0.514. The fourth-order valence-electron chi connectivity index (χ4n) is 6.01. The van der Waals surface area contributed by atoms with E-state index in [0.717, 1.165) is 59.8 Å². The van der Waals surface area contributed by atoms with Gasteiger partial charge in [0.25, 0.3) is 0 Å². The summed E-state index contributed by atoms with van der Waals surface area (Å²) in [6.07, 6.45) is 1.44. The maximum Gasteiger partial charge on any atom is 0.337 e. The summed E-state index contributed by atoms with van der Waals surface area (Å²) in [4.78, 5) is 20.3. The van der Waals surface area contributed by atoms with E-state index in [1.807, 2.05) is 52.0 Å². The number of carboxylic acids is 1. The molecule has 46 heavy (non-hydrogen) atoms. The Hall–Kier alpha value is -3.53. The zero-order chi connectivity index (χ0) is 33.1. The number of halogens is 1. The summed E-state index contributed by atoms with van der Waals surface area (Å²) < 4.78 is 31.0. The first-order chi connectivity index (χ1) is 21.8. The number of aliphatic carboxylic acids is 1. The monoisotopic (exact) mass is 633 g/mol. The van der Waals surface area contributed by atoms with Crippen molar-refractivity contribution in [2.24, 2.45) is 5.41 Å². The minimum atomic E-state index is -1.19. The fourth-order valence-corrected chi connectivity index (χ4v) is 6.01. The number of ether oxygens (including phenoxy) is 3. The van der Waals surface area contributed by atoms with Gasteiger partial charge in [-0.25, -0.2) is 9.18 Å². The van der Waals surface area contributed by atoms with Gasteiger partial charge in [0, 0.05) is 42.9 Å². The molecule has 0 saturated carbocycles. The van der Waals surface area contributed by atoms with E-state index < -0.39 is 17.7 Å². The number of piperidine rings is 1. The van der Waals surface area contributed by atoms with Crippen LogP contribution in [0.15, 0.2) is 48.5 Å². The van der Waals surface area contributed by atoms with Gasteiger partial charge in [-0.1, -0.05) is 38.1 Å². The Kier molecular flexibility index (Phi) is 10.3. The highest BCUT2D eigenvalue weighted by atomic mass is 19.1. The number of rotatable bonds is 12. The quantitative estimate of drug-likeness (QED) is 0.223. The molecule has 2 aliphatic heterocycles. The minimum Gasteiger partial charge on any atom is -0.493 e. The maximum absolute atomic E-state index is 13.3. The van der Waals surface area contributed by atoms with Crippen LogP contribution in [0.1, 0.15) is 76.1 Å². The zero-order valence-corrected chi connectivity index (χ0v) is 28.0. The second-order valence-corrected chi connectivity index (χ2v) is 14.2. The average Bonchev–Trinajstić information content (AvgIpc) is 2.96. The highest BCUT2D eigenvalue weighted by Crippen LogP contribution is 2.45. The Morgan fingerprint density at radius 2 is 1.76 bits per heavy atom. The first-order valence-electron chi connectivity index (χ1n) is 16.3. The number of nitrogens with zero attached hydrogens (tertiary/aromatic N) is 2. The number of hydrogen-bond donors (Lipinski definition) is 2. The van der Waals surface area contributed by atoms with E-state index in [4.69, 9.17) is 19.2 Å². The van der Waals surface area contributed by atoms with Crippen molar-refractivity contribution in [1.82, 2.24) is 10.3 Å². The summed E-state index contributed by atoms with van der Waals surface area (Å²) in [5.41, 5.74) is 5.36. The van der Waals surface area contributed by atoms with Crippen molar-refractivity contribution in [3.63, 3.8) is 0 Å². The molecule has 2 aromatic carbocycles. The summed E-state index contributed by atoms with van der Waals surface area (Å²) in [5, 5.41) is 14.1. The van der Waals surface area contributed by atoms with Crippen molar-refractivity contribution in [2.45, 2.75) is 85.1 Å². The topological polar surface area (TPSA) is 93.2 Å². The lowest BCUT2D eigenvalue weighted by Crippen LogP contribution is -2.45. The van der Waals surface area contributed by atoms with Crippen LogP contribution >= 0.6 is 0 Å². The summed E-state index contributed by atoms with van der Waals surface area (Å²) >= 11 is 0. The number of carbonyl (C=O) groups is 1. The molecule has 9 heteroatoms. The molecule has 2 saturated heterocycles. The van der Waals surface area contributed by atoms with E-state index >= 15 is 0 Å². The van der Waals surface area contributed by atoms with E-state index in [2.05, 4.69) is 24.1 Å². The van der Waals surface area contributed by atoms with Crippen molar-refractivity contribution in [3.05, 3.63) is 76.9 Å². The van der Waals surface area contributed by atoms with Gasteiger partial charge < -0.3 is 29.5 Å². The lowest BCUT2D eigenvalue weighted by molar-refractivity contribution is -0.160. The van der Waals surface area contributed by atoms with Crippen LogP contribution in [0.25, 0.3) is 11.1 Å². The number of pyridine rings is 1. The smallest absolute Gasteiger partial charge is 0.337 e. The third-order valence-corrected chi connectivity index (χ3v) is 8.78. The summed E-state index contributed by atoms with van der Waals surface area (Å²) in [6.45, 7) is 16.0. The summed E-state index contributed by atoms with van der Waals surface area (Å²) in [5.74, 6) is -0.568. The van der Waals surface area contributed by atoms with Gasteiger partial charge in [-0.2, -0.15) is 0 Å². The predicted molar refractivity (Wildman–Crippen MR) is 178 cm³/mol. The Bertz CT molecular complexity index is 1490. The molecule has 0 amide bonds. The number of aryl methyl sites for hydroxylation is 1. The molecule has 3 heterocycles. The molecule has 0 spiro atoms. The Morgan fingerprint density at radius 3 is 2.33 bits per heavy atom. The zero-order valence-electron chi connectivity index (χ0n) is 28.0. The molecule has 0 radical (unpaired) electrons. The number of anilines is 1. The van der Waals surface area contributed by atoms with Crippen LogP contribution in [0.5, 0.6) is 5.75 Å². The molecule has 0 aliphatic carbocycles. The number of hydrogen-bond acceptors (Lipinski definition) is 7. The van der Waals surface area contributed by atoms with Gasteiger partial charge in [0.15, 0.2) is 6.10 Å². The Morgan fingerprint density at radius 1 is 1.11 bits per heavy atom. The first kappa shape index (κ1) is 33.8. The van der Waals surface area contributed by atoms with E-state index in [-0.39, 0.29) is 17.3 Å². The second-order valence-electron chi connectivity index (χ2n) is 14.2. The number of aromatic nitrogens is 1. The van der Waals surface area contributed by atoms with Crippen LogP contribution in [-0.4, -0.2) is 60.6 Å². The molecule has 1 aromatic heterocycles. The van der Waals surface area contributed by atoms with Crippen LogP contribution in [0, 0.1) is 18.2 Å². The molecule has 5 rings (SSSR count). The average molecular weight is 634 g/mol. The third kappa shape index (κ3) is 8.43. The largest absolute Gasteiger partial charge is 0.493 e. The standard InChI is InChI=1S/C37H48FN3O5/c1-24-31(34(35(42)43)46-36(2,3)4)33(41-18-16-37(5,6)17-19-41)32(30(40-24)21-39-28-22-44-23-28)26-9-13-29(14-10-26)45-20-15-25-7-11-27(38)12-8-25/h7-14,28,34,39H,15-23H2,1-6H3,(H,42,43)/t34-/m0/s1. The molecule has 2 N–H and O–H groups in total. The minimum absolute atomic E-state index is 0.203. The van der Waals surface area contributed by atoms with Crippen LogP contribution < -0.4 is 15.0 Å². The van der Waals surface area contributed by atoms with Crippen molar-refractivity contribution >= 4 is 11.7 Å². The Labute approximate surface area is 272 Å². The van der Waals surface area contributed by atoms with Gasteiger partial charge in [-0.15, -0.1) is 0 Å². The van der Waals surface area contributed by atoms with Crippen LogP contribution in [-0.2, 0) is 27.2 Å². The van der Waals surface area contributed by atoms with Gasteiger partial charge in [-0.05, 0) is 81.3 Å². The van der Waals surface area contributed by atoms with Gasteiger partial charge in [0.05, 0.1) is 42.8 Å². The number of benzene rings is 2. The van der Waals surface area contributed by atoms with Crippen molar-refractivity contribution < 1.29 is 28.5 Å². The molecule has 8 nitrogen and oxygen atoms in total. The van der Waals surface area contributed by atoms with E-state index in [1.54, 1.807) is 12.1 Å². The van der Waals surface area contributed by atoms with Gasteiger partial charge in [0.1, 0.15) is 11.6 Å². The van der Waals surface area contributed by atoms with Crippen molar-refractivity contribution in [1.29, 1.82) is 0 Å². The molecular formula is C37H48FN3O5. The third-order valence-electron chi connectivity index (χ3n) is 8.78. The van der Waals surface area contributed by atoms with Crippen LogP contribution in [0.4, 0.5) is 10.1 Å². The van der Waals surface area contributed by atoms with Crippen molar-refractivity contribution in [2.75, 3.05) is 37.8 Å². The van der Waals surface area contributed by atoms with Crippen LogP contribution in [0.2, 0.25) is 0 Å². The molecule has 0 unspecified atom stereocenters. The lowest BCUT2D eigenvalue weighted by atomic mass is 9.81. The van der Waals surface area contributed by atoms with Gasteiger partial charge in [0.2, 0.25) is 0 Å². The van der Waals surface area contributed by atoms with E-state index in [9.17, 15) is 14.3 Å². The highest BCUT2D eigenvalue weighted by molar-refractivity contribution is 5.88. The molecular weight excluding hydrogens is 585 g/mol. The van der Waals surface area contributed by atoms with Crippen LogP contribution in [0.3, 0.4) is 0 Å². The highest BCUT2D eigenvalue weighted by Gasteiger charge is 2.37. The molecule has 0 bridgehead atoms. The maximum atomic E-state index is 13.3. The molecule has 2 aliphatic rings. The van der Waals surface area contributed by atoms with E-state index in [1.165, 1.54) is 12.1 Å². The molecule has 2 fully saturated rings. The Balaban J connectivity index is 1.56. The molecule has 1 atom stereocenters. The molecule has 248 valence electrons. The first-order valence-corrected chi connectivity index (χ1v) is 16.3. The van der Waals surface area contributed by atoms with E-state index in [0.29, 0.717) is 44.0 Å². The van der Waals surface area contributed by atoms with Crippen molar-refractivity contribution in [3.8, 4) is 16.9 Å². The SMILES string of the molecule is Cc1nc(CNC2COC2)c(-c2ccc(OCCc3ccc(F)cc3)cc2)c(N2CCC(C)(C)CC2)c1[C@H](OC(C)(C)C)C(=O)O. The predicted octanol–water partition coefficient (Wildman–Crippen LogP) is 6.87. The summed E-state index contributed by atoms with van der Waals surface area (Å²) in [6, 6.07) is 14.6. The van der Waals surface area contributed by atoms with Gasteiger partial charge in [-0.3, -0.25) is 4.98 Å². The van der Waals surface area contributed by atoms with Gasteiger partial charge >= 0.3 is 5.97 Å². The second kappa shape index (κ2) is 14.1.